The Morgan fingerprint density at radius 1 is 1.37 bits per heavy atom. The fourth-order valence-electron chi connectivity index (χ4n) is 2.03. The highest BCUT2D eigenvalue weighted by Gasteiger charge is 2.11. The van der Waals surface area contributed by atoms with Gasteiger partial charge in [-0.3, -0.25) is 0 Å². The summed E-state index contributed by atoms with van der Waals surface area (Å²) in [7, 11) is 0. The van der Waals surface area contributed by atoms with Crippen LogP contribution in [0, 0.1) is 0 Å². The number of rotatable bonds is 5. The van der Waals surface area contributed by atoms with Crippen LogP contribution in [-0.2, 0) is 6.54 Å². The Labute approximate surface area is 126 Å². The van der Waals surface area contributed by atoms with Crippen molar-refractivity contribution in [1.82, 2.24) is 0 Å². The van der Waals surface area contributed by atoms with Crippen molar-refractivity contribution >= 4 is 33.0 Å². The van der Waals surface area contributed by atoms with Crippen molar-refractivity contribution in [2.45, 2.75) is 26.5 Å². The van der Waals surface area contributed by atoms with E-state index in [1.54, 1.807) is 18.3 Å². The number of hydrogen-bond donors (Lipinski definition) is 1. The zero-order valence-electron chi connectivity index (χ0n) is 11.1. The summed E-state index contributed by atoms with van der Waals surface area (Å²) in [5, 5.41) is 11.8. The fraction of sp³-hybridized carbons (Fsp3) is 0.333. The van der Waals surface area contributed by atoms with E-state index in [2.05, 4.69) is 57.4 Å². The van der Waals surface area contributed by atoms with Crippen LogP contribution in [0.25, 0.3) is 0 Å². The van der Waals surface area contributed by atoms with Gasteiger partial charge in [-0.25, -0.2) is 0 Å². The lowest BCUT2D eigenvalue weighted by molar-refractivity contribution is 0.198. The average molecular weight is 340 g/mol. The largest absolute Gasteiger partial charge is 0.389 e. The van der Waals surface area contributed by atoms with Crippen molar-refractivity contribution < 1.29 is 5.11 Å². The van der Waals surface area contributed by atoms with Gasteiger partial charge in [0.25, 0.3) is 0 Å². The molecule has 2 rings (SSSR count). The third kappa shape index (κ3) is 3.59. The summed E-state index contributed by atoms with van der Waals surface area (Å²) in [6.07, 6.45) is -0.448. The highest BCUT2D eigenvalue weighted by molar-refractivity contribution is 9.10. The van der Waals surface area contributed by atoms with E-state index in [4.69, 9.17) is 0 Å². The first-order valence-corrected chi connectivity index (χ1v) is 8.04. The molecular weight excluding hydrogens is 322 g/mol. The predicted octanol–water partition coefficient (Wildman–Crippen LogP) is 4.59. The Morgan fingerprint density at radius 2 is 2.16 bits per heavy atom. The second-order valence-corrected chi connectivity index (χ2v) is 6.36. The van der Waals surface area contributed by atoms with Gasteiger partial charge in [-0.15, -0.1) is 11.3 Å². The molecule has 0 radical (unpaired) electrons. The quantitative estimate of drug-likeness (QED) is 0.860. The molecule has 0 spiro atoms. The fourth-order valence-corrected chi connectivity index (χ4v) is 3.45. The highest BCUT2D eigenvalue weighted by Crippen LogP contribution is 2.29. The number of nitrogens with zero attached hydrogens (tertiary/aromatic N) is 1. The lowest BCUT2D eigenvalue weighted by Gasteiger charge is -2.23. The van der Waals surface area contributed by atoms with Crippen molar-refractivity contribution in [3.05, 3.63) is 50.6 Å². The first-order chi connectivity index (χ1) is 9.11. The second kappa shape index (κ2) is 6.55. The van der Waals surface area contributed by atoms with Gasteiger partial charge in [-0.2, -0.15) is 0 Å². The van der Waals surface area contributed by atoms with E-state index in [9.17, 15) is 5.11 Å². The molecule has 0 amide bonds. The maximum Gasteiger partial charge on any atom is 0.0772 e. The third-order valence-corrected chi connectivity index (χ3v) is 4.66. The maximum atomic E-state index is 9.66. The number of benzene rings is 1. The van der Waals surface area contributed by atoms with Gasteiger partial charge >= 0.3 is 0 Å². The highest BCUT2D eigenvalue weighted by atomic mass is 79.9. The number of aliphatic hydroxyl groups excluding tert-OH is 1. The number of aliphatic hydroxyl groups is 1. The first-order valence-electron chi connectivity index (χ1n) is 6.36. The molecule has 0 unspecified atom stereocenters. The summed E-state index contributed by atoms with van der Waals surface area (Å²) < 4.78 is 0.963. The van der Waals surface area contributed by atoms with Crippen LogP contribution in [-0.4, -0.2) is 11.7 Å². The second-order valence-electron chi connectivity index (χ2n) is 4.48. The molecule has 2 nitrogen and oxygen atoms in total. The molecule has 19 heavy (non-hydrogen) atoms. The number of halogens is 1. The van der Waals surface area contributed by atoms with Gasteiger partial charge in [0.15, 0.2) is 0 Å². The van der Waals surface area contributed by atoms with Gasteiger partial charge in [-0.1, -0.05) is 28.1 Å². The van der Waals surface area contributed by atoms with E-state index >= 15 is 0 Å². The summed E-state index contributed by atoms with van der Waals surface area (Å²) >= 11 is 5.32. The first kappa shape index (κ1) is 14.6. The minimum atomic E-state index is -0.448. The van der Waals surface area contributed by atoms with Gasteiger partial charge in [0, 0.05) is 21.6 Å². The maximum absolute atomic E-state index is 9.66. The molecule has 4 heteroatoms. The predicted molar refractivity (Wildman–Crippen MR) is 85.8 cm³/mol. The van der Waals surface area contributed by atoms with Gasteiger partial charge in [0.1, 0.15) is 0 Å². The summed E-state index contributed by atoms with van der Waals surface area (Å²) in [5.41, 5.74) is 2.10. The molecule has 1 atom stereocenters. The van der Waals surface area contributed by atoms with E-state index in [0.29, 0.717) is 0 Å². The molecule has 1 heterocycles. The van der Waals surface area contributed by atoms with Crippen molar-refractivity contribution in [2.24, 2.45) is 0 Å². The molecule has 1 aromatic carbocycles. The molecule has 2 aromatic rings. The Morgan fingerprint density at radius 3 is 2.68 bits per heavy atom. The van der Waals surface area contributed by atoms with E-state index < -0.39 is 6.10 Å². The zero-order chi connectivity index (χ0) is 13.8. The summed E-state index contributed by atoms with van der Waals surface area (Å²) in [4.78, 5) is 3.68. The standard InChI is InChI=1S/C15H18BrNOS/c1-3-17(10-13-5-4-8-19-13)12-6-7-14(11(2)18)15(16)9-12/h4-9,11,18H,3,10H2,1-2H3/t11-/m1/s1. The van der Waals surface area contributed by atoms with E-state index in [1.165, 1.54) is 10.6 Å². The molecule has 102 valence electrons. The van der Waals surface area contributed by atoms with Gasteiger partial charge in [0.2, 0.25) is 0 Å². The van der Waals surface area contributed by atoms with Crippen molar-refractivity contribution in [1.29, 1.82) is 0 Å². The molecule has 1 aromatic heterocycles. The Balaban J connectivity index is 2.21. The van der Waals surface area contributed by atoms with Gasteiger partial charge in [0.05, 0.1) is 12.6 Å². The Bertz CT molecular complexity index is 525. The smallest absolute Gasteiger partial charge is 0.0772 e. The molecule has 0 aliphatic heterocycles. The topological polar surface area (TPSA) is 23.5 Å². The Kier molecular flexibility index (Phi) is 5.02. The molecular formula is C15H18BrNOS. The summed E-state index contributed by atoms with van der Waals surface area (Å²) in [6.45, 7) is 5.82. The van der Waals surface area contributed by atoms with Crippen LogP contribution >= 0.6 is 27.3 Å². The normalized spacial score (nSPS) is 12.4. The molecule has 0 aliphatic rings. The van der Waals surface area contributed by atoms with E-state index in [-0.39, 0.29) is 0 Å². The molecule has 0 saturated heterocycles. The molecule has 1 N–H and O–H groups in total. The van der Waals surface area contributed by atoms with Crippen LogP contribution in [0.1, 0.15) is 30.4 Å². The molecule has 0 fully saturated rings. The zero-order valence-corrected chi connectivity index (χ0v) is 13.5. The minimum absolute atomic E-state index is 0.448. The van der Waals surface area contributed by atoms with Crippen LogP contribution in [0.2, 0.25) is 0 Å². The van der Waals surface area contributed by atoms with Crippen LogP contribution < -0.4 is 4.90 Å². The van der Waals surface area contributed by atoms with E-state index in [0.717, 1.165) is 23.1 Å². The molecule has 0 saturated carbocycles. The van der Waals surface area contributed by atoms with Crippen LogP contribution in [0.5, 0.6) is 0 Å². The summed E-state index contributed by atoms with van der Waals surface area (Å²) in [6, 6.07) is 10.4. The van der Waals surface area contributed by atoms with Gasteiger partial charge < -0.3 is 10.0 Å². The minimum Gasteiger partial charge on any atom is -0.389 e. The third-order valence-electron chi connectivity index (χ3n) is 3.11. The van der Waals surface area contributed by atoms with Crippen LogP contribution in [0.15, 0.2) is 40.2 Å². The number of thiophene rings is 1. The van der Waals surface area contributed by atoms with Crippen molar-refractivity contribution in [3.63, 3.8) is 0 Å². The molecule has 0 bridgehead atoms. The van der Waals surface area contributed by atoms with Crippen molar-refractivity contribution in [2.75, 3.05) is 11.4 Å². The summed E-state index contributed by atoms with van der Waals surface area (Å²) in [5.74, 6) is 0. The van der Waals surface area contributed by atoms with E-state index in [1.807, 2.05) is 6.07 Å². The monoisotopic (exact) mass is 339 g/mol. The van der Waals surface area contributed by atoms with Crippen LogP contribution in [0.4, 0.5) is 5.69 Å². The van der Waals surface area contributed by atoms with Crippen molar-refractivity contribution in [3.8, 4) is 0 Å². The van der Waals surface area contributed by atoms with Crippen LogP contribution in [0.3, 0.4) is 0 Å². The van der Waals surface area contributed by atoms with Gasteiger partial charge in [-0.05, 0) is 43.0 Å². The number of anilines is 1. The average Bonchev–Trinajstić information content (AvgIpc) is 2.88. The SMILES string of the molecule is CCN(Cc1cccs1)c1ccc([C@@H](C)O)c(Br)c1. The lowest BCUT2D eigenvalue weighted by Crippen LogP contribution is -2.21. The Hall–Kier alpha value is -0.840. The lowest BCUT2D eigenvalue weighted by atomic mass is 10.1. The number of hydrogen-bond acceptors (Lipinski definition) is 3. The molecule has 0 aliphatic carbocycles.